The van der Waals surface area contributed by atoms with E-state index in [-0.39, 0.29) is 5.56 Å². The lowest BCUT2D eigenvalue weighted by atomic mass is 10.0. The second-order valence-corrected chi connectivity index (χ2v) is 4.83. The van der Waals surface area contributed by atoms with Gasteiger partial charge in [-0.25, -0.2) is 9.18 Å². The molecule has 0 unspecified atom stereocenters. The van der Waals surface area contributed by atoms with E-state index < -0.39 is 11.8 Å². The largest absolute Gasteiger partial charge is 0.478 e. The molecule has 0 radical (unpaired) electrons. The minimum absolute atomic E-state index is 0.260. The molecule has 2 N–H and O–H groups in total. The second kappa shape index (κ2) is 5.85. The summed E-state index contributed by atoms with van der Waals surface area (Å²) in [6, 6.07) is 4.31. The number of aromatic carboxylic acids is 1. The van der Waals surface area contributed by atoms with Crippen LogP contribution in [0.15, 0.2) is 18.2 Å². The molecule has 0 heterocycles. The number of hydrogen-bond donors (Lipinski definition) is 2. The van der Waals surface area contributed by atoms with Gasteiger partial charge in [-0.3, -0.25) is 0 Å². The monoisotopic (exact) mass is 251 g/mol. The molecule has 2 rings (SSSR count). The molecule has 98 valence electrons. The Kier molecular flexibility index (Phi) is 4.18. The molecule has 1 aromatic carbocycles. The second-order valence-electron chi connectivity index (χ2n) is 4.83. The number of nitrogens with one attached hydrogen (secondary N) is 1. The molecule has 0 saturated heterocycles. The first-order chi connectivity index (χ1) is 8.68. The van der Waals surface area contributed by atoms with Crippen LogP contribution in [0.25, 0.3) is 0 Å². The van der Waals surface area contributed by atoms with E-state index >= 15 is 0 Å². The average molecular weight is 251 g/mol. The Hall–Kier alpha value is -1.58. The Bertz CT molecular complexity index is 428. The summed E-state index contributed by atoms with van der Waals surface area (Å²) in [4.78, 5) is 11.0. The fraction of sp³-hybridized carbons (Fsp3) is 0.500. The van der Waals surface area contributed by atoms with Gasteiger partial charge in [0.25, 0.3) is 0 Å². The summed E-state index contributed by atoms with van der Waals surface area (Å²) in [5, 5.41) is 12.0. The minimum atomic E-state index is -1.23. The van der Waals surface area contributed by atoms with Crippen molar-refractivity contribution in [2.75, 3.05) is 11.9 Å². The highest BCUT2D eigenvalue weighted by atomic mass is 19.1. The number of carboxylic acids is 1. The molecule has 0 aromatic heterocycles. The van der Waals surface area contributed by atoms with Gasteiger partial charge < -0.3 is 10.4 Å². The van der Waals surface area contributed by atoms with Crippen LogP contribution in [-0.4, -0.2) is 17.6 Å². The Balaban J connectivity index is 1.96. The fourth-order valence-electron chi connectivity index (χ4n) is 2.60. The van der Waals surface area contributed by atoms with Crippen LogP contribution in [0.2, 0.25) is 0 Å². The van der Waals surface area contributed by atoms with E-state index in [1.54, 1.807) is 6.07 Å². The molecule has 1 fully saturated rings. The van der Waals surface area contributed by atoms with Crippen molar-refractivity contribution in [1.29, 1.82) is 0 Å². The first-order valence-electron chi connectivity index (χ1n) is 6.44. The Morgan fingerprint density at radius 3 is 2.78 bits per heavy atom. The average Bonchev–Trinajstić information content (AvgIpc) is 2.81. The van der Waals surface area contributed by atoms with Crippen LogP contribution in [0, 0.1) is 11.7 Å². The molecular weight excluding hydrogens is 233 g/mol. The summed E-state index contributed by atoms with van der Waals surface area (Å²) in [6.07, 6.45) is 6.14. The zero-order valence-corrected chi connectivity index (χ0v) is 10.3. The van der Waals surface area contributed by atoms with Crippen molar-refractivity contribution in [3.8, 4) is 0 Å². The number of rotatable bonds is 5. The third-order valence-electron chi connectivity index (χ3n) is 3.57. The maximum Gasteiger partial charge on any atom is 0.340 e. The Morgan fingerprint density at radius 2 is 2.11 bits per heavy atom. The molecule has 0 spiro atoms. The van der Waals surface area contributed by atoms with Crippen molar-refractivity contribution >= 4 is 11.7 Å². The quantitative estimate of drug-likeness (QED) is 0.841. The molecule has 1 saturated carbocycles. The standard InChI is InChI=1S/C14H18FNO2/c15-11-6-3-7-12(13(11)14(17)18)16-9-8-10-4-1-2-5-10/h3,6-7,10,16H,1-2,4-5,8-9H2,(H,17,18). The van der Waals surface area contributed by atoms with E-state index in [1.807, 2.05) is 0 Å². The summed E-state index contributed by atoms with van der Waals surface area (Å²) < 4.78 is 13.4. The van der Waals surface area contributed by atoms with Crippen LogP contribution >= 0.6 is 0 Å². The van der Waals surface area contributed by atoms with Crippen molar-refractivity contribution in [3.05, 3.63) is 29.6 Å². The number of benzene rings is 1. The van der Waals surface area contributed by atoms with Crippen LogP contribution < -0.4 is 5.32 Å². The number of halogens is 1. The van der Waals surface area contributed by atoms with Gasteiger partial charge in [-0.15, -0.1) is 0 Å². The molecule has 0 atom stereocenters. The van der Waals surface area contributed by atoms with Crippen molar-refractivity contribution in [2.45, 2.75) is 32.1 Å². The van der Waals surface area contributed by atoms with E-state index in [1.165, 1.54) is 37.8 Å². The van der Waals surface area contributed by atoms with Gasteiger partial charge in [0.05, 0.1) is 5.69 Å². The first kappa shape index (κ1) is 12.9. The molecular formula is C14H18FNO2. The maximum absolute atomic E-state index is 13.4. The lowest BCUT2D eigenvalue weighted by molar-refractivity contribution is 0.0693. The first-order valence-corrected chi connectivity index (χ1v) is 6.44. The van der Waals surface area contributed by atoms with Gasteiger partial charge in [-0.2, -0.15) is 0 Å². The van der Waals surface area contributed by atoms with Crippen LogP contribution in [0.3, 0.4) is 0 Å². The van der Waals surface area contributed by atoms with E-state index in [2.05, 4.69) is 5.32 Å². The highest BCUT2D eigenvalue weighted by Crippen LogP contribution is 2.27. The SMILES string of the molecule is O=C(O)c1c(F)cccc1NCCC1CCCC1. The number of hydrogen-bond acceptors (Lipinski definition) is 2. The molecule has 0 amide bonds. The van der Waals surface area contributed by atoms with Crippen molar-refractivity contribution in [1.82, 2.24) is 0 Å². The molecule has 1 aliphatic carbocycles. The zero-order chi connectivity index (χ0) is 13.0. The molecule has 3 nitrogen and oxygen atoms in total. The van der Waals surface area contributed by atoms with Crippen LogP contribution in [0.4, 0.5) is 10.1 Å². The van der Waals surface area contributed by atoms with Gasteiger partial charge >= 0.3 is 5.97 Å². The van der Waals surface area contributed by atoms with E-state index in [0.717, 1.165) is 12.3 Å². The van der Waals surface area contributed by atoms with Gasteiger partial charge in [0.1, 0.15) is 11.4 Å². The highest BCUT2D eigenvalue weighted by molar-refractivity contribution is 5.94. The van der Waals surface area contributed by atoms with Crippen LogP contribution in [-0.2, 0) is 0 Å². The highest BCUT2D eigenvalue weighted by Gasteiger charge is 2.17. The van der Waals surface area contributed by atoms with Gasteiger partial charge in [0.15, 0.2) is 0 Å². The van der Waals surface area contributed by atoms with Gasteiger partial charge in [-0.1, -0.05) is 31.7 Å². The Morgan fingerprint density at radius 1 is 1.39 bits per heavy atom. The summed E-state index contributed by atoms with van der Waals surface area (Å²) in [5.74, 6) is -1.18. The lowest BCUT2D eigenvalue weighted by Crippen LogP contribution is -2.11. The lowest BCUT2D eigenvalue weighted by Gasteiger charge is -2.12. The van der Waals surface area contributed by atoms with E-state index in [9.17, 15) is 9.18 Å². The topological polar surface area (TPSA) is 49.3 Å². The minimum Gasteiger partial charge on any atom is -0.478 e. The summed E-state index contributed by atoms with van der Waals surface area (Å²) in [6.45, 7) is 0.703. The zero-order valence-electron chi connectivity index (χ0n) is 10.3. The summed E-state index contributed by atoms with van der Waals surface area (Å²) in [5.41, 5.74) is 0.115. The normalized spacial score (nSPS) is 15.8. The smallest absolute Gasteiger partial charge is 0.340 e. The fourth-order valence-corrected chi connectivity index (χ4v) is 2.60. The molecule has 4 heteroatoms. The summed E-state index contributed by atoms with van der Waals surface area (Å²) >= 11 is 0. The van der Waals surface area contributed by atoms with Crippen molar-refractivity contribution in [2.24, 2.45) is 5.92 Å². The predicted octanol–water partition coefficient (Wildman–Crippen LogP) is 3.52. The summed E-state index contributed by atoms with van der Waals surface area (Å²) in [7, 11) is 0. The molecule has 18 heavy (non-hydrogen) atoms. The molecule has 1 aliphatic rings. The van der Waals surface area contributed by atoms with Crippen LogP contribution in [0.1, 0.15) is 42.5 Å². The number of carbonyl (C=O) groups is 1. The van der Waals surface area contributed by atoms with Crippen molar-refractivity contribution < 1.29 is 14.3 Å². The number of anilines is 1. The predicted molar refractivity (Wildman–Crippen MR) is 68.4 cm³/mol. The third-order valence-corrected chi connectivity index (χ3v) is 3.57. The Labute approximate surface area is 106 Å². The van der Waals surface area contributed by atoms with Gasteiger partial charge in [0, 0.05) is 6.54 Å². The maximum atomic E-state index is 13.4. The number of carboxylic acid groups (broad SMARTS) is 1. The van der Waals surface area contributed by atoms with Gasteiger partial charge in [0.2, 0.25) is 0 Å². The van der Waals surface area contributed by atoms with Crippen LogP contribution in [0.5, 0.6) is 0 Å². The molecule has 1 aromatic rings. The van der Waals surface area contributed by atoms with Crippen molar-refractivity contribution in [3.63, 3.8) is 0 Å². The van der Waals surface area contributed by atoms with Gasteiger partial charge in [-0.05, 0) is 24.5 Å². The molecule has 0 bridgehead atoms. The third kappa shape index (κ3) is 3.00. The van der Waals surface area contributed by atoms with E-state index in [4.69, 9.17) is 5.11 Å². The molecule has 0 aliphatic heterocycles. The van der Waals surface area contributed by atoms with E-state index in [0.29, 0.717) is 12.2 Å².